The van der Waals surface area contributed by atoms with Crippen molar-refractivity contribution >= 4 is 39.0 Å². The Labute approximate surface area is 281 Å². The van der Waals surface area contributed by atoms with E-state index in [2.05, 4.69) is 20.5 Å². The van der Waals surface area contributed by atoms with Crippen molar-refractivity contribution in [2.45, 2.75) is 69.8 Å². The van der Waals surface area contributed by atoms with Crippen LogP contribution in [0.1, 0.15) is 49.7 Å². The number of nitrogens with zero attached hydrogens (tertiary/aromatic N) is 1. The van der Waals surface area contributed by atoms with Crippen LogP contribution in [0, 0.1) is 0 Å². The number of fused-ring (bicyclic) bond motifs is 1. The van der Waals surface area contributed by atoms with Crippen molar-refractivity contribution in [1.29, 1.82) is 0 Å². The molecule has 4 rings (SSSR count). The summed E-state index contributed by atoms with van der Waals surface area (Å²) in [6, 6.07) is 11.1. The lowest BCUT2D eigenvalue weighted by molar-refractivity contribution is -0.193. The van der Waals surface area contributed by atoms with Crippen LogP contribution >= 0.6 is 11.3 Å². The summed E-state index contributed by atoms with van der Waals surface area (Å²) < 4.78 is 67.8. The Hall–Kier alpha value is -3.96. The zero-order chi connectivity index (χ0) is 36.2. The van der Waals surface area contributed by atoms with Gasteiger partial charge in [0.2, 0.25) is 5.91 Å². The quantitative estimate of drug-likeness (QED) is 0.0909. The molecule has 49 heavy (non-hydrogen) atoms. The fraction of sp³-hybridized carbons (Fsp3) is 0.500. The number of carbonyl (C=O) groups excluding carboxylic acids is 3. The van der Waals surface area contributed by atoms with Crippen molar-refractivity contribution in [1.82, 2.24) is 20.5 Å². The first kappa shape index (κ1) is 39.5. The first-order chi connectivity index (χ1) is 23.1. The van der Waals surface area contributed by atoms with Crippen LogP contribution in [0.25, 0.3) is 10.2 Å². The Morgan fingerprint density at radius 1 is 0.816 bits per heavy atom. The number of halogens is 6. The van der Waals surface area contributed by atoms with Crippen molar-refractivity contribution in [2.75, 3.05) is 32.7 Å². The number of aromatic amines is 1. The monoisotopic (exact) mass is 720 g/mol. The van der Waals surface area contributed by atoms with Gasteiger partial charge < -0.3 is 30.7 Å². The second-order valence-electron chi connectivity index (χ2n) is 11.4. The predicted molar refractivity (Wildman–Crippen MR) is 171 cm³/mol. The van der Waals surface area contributed by atoms with E-state index in [1.807, 2.05) is 18.2 Å². The summed E-state index contributed by atoms with van der Waals surface area (Å²) in [5, 5.41) is 26.2. The number of hydrogen-bond donors (Lipinski definition) is 5. The fourth-order valence-electron chi connectivity index (χ4n) is 5.34. The molecule has 0 atom stereocenters. The molecule has 270 valence electrons. The number of nitrogens with one attached hydrogen (secondary N) is 3. The summed E-state index contributed by atoms with van der Waals surface area (Å²) in [6.07, 6.45) is -3.67. The third-order valence-electron chi connectivity index (χ3n) is 7.84. The van der Waals surface area contributed by atoms with E-state index in [4.69, 9.17) is 0 Å². The van der Waals surface area contributed by atoms with Gasteiger partial charge in [-0.1, -0.05) is 48.8 Å². The van der Waals surface area contributed by atoms with E-state index < -0.39 is 23.9 Å². The smallest absolute Gasteiger partial charge is 0.458 e. The summed E-state index contributed by atoms with van der Waals surface area (Å²) in [4.78, 5) is 48.7. The molecule has 0 aliphatic heterocycles. The molecule has 1 fully saturated rings. The molecule has 1 aliphatic rings. The highest BCUT2D eigenvalue weighted by Crippen LogP contribution is 2.28. The second-order valence-corrected chi connectivity index (χ2v) is 12.4. The van der Waals surface area contributed by atoms with Gasteiger partial charge in [0.05, 0.1) is 4.70 Å². The molecule has 0 bridgehead atoms. The highest BCUT2D eigenvalue weighted by molar-refractivity contribution is 7.16. The van der Waals surface area contributed by atoms with Gasteiger partial charge in [0.15, 0.2) is 0 Å². The molecule has 1 aliphatic carbocycles. The van der Waals surface area contributed by atoms with Crippen LogP contribution in [0.2, 0.25) is 0 Å². The van der Waals surface area contributed by atoms with Crippen LogP contribution in [-0.2, 0) is 27.2 Å². The Balaban J connectivity index is 0.000000463. The summed E-state index contributed by atoms with van der Waals surface area (Å²) >= 11 is 1.13. The molecule has 0 spiro atoms. The van der Waals surface area contributed by atoms with Crippen LogP contribution in [0.15, 0.2) is 41.2 Å². The maximum atomic E-state index is 13.2. The number of amides is 1. The number of phenols is 2. The lowest BCUT2D eigenvalue weighted by Crippen LogP contribution is -2.45. The maximum Gasteiger partial charge on any atom is 0.458 e. The third kappa shape index (κ3) is 12.5. The zero-order valence-electron chi connectivity index (χ0n) is 26.4. The van der Waals surface area contributed by atoms with E-state index >= 15 is 0 Å². The van der Waals surface area contributed by atoms with Gasteiger partial charge in [-0.05, 0) is 68.1 Å². The van der Waals surface area contributed by atoms with Crippen molar-refractivity contribution in [2.24, 2.45) is 0 Å². The molecule has 3 aromatic rings. The molecular weight excluding hydrogens is 682 g/mol. The number of thiazole rings is 1. The van der Waals surface area contributed by atoms with Crippen molar-refractivity contribution < 1.29 is 50.9 Å². The number of alkyl halides is 6. The number of carbonyl (C=O) groups is 3. The van der Waals surface area contributed by atoms with Gasteiger partial charge >= 0.3 is 28.8 Å². The molecule has 10 nitrogen and oxygen atoms in total. The van der Waals surface area contributed by atoms with Crippen LogP contribution in [0.5, 0.6) is 11.5 Å². The summed E-state index contributed by atoms with van der Waals surface area (Å²) in [5.74, 6) is -6.23. The van der Waals surface area contributed by atoms with Crippen molar-refractivity contribution in [3.63, 3.8) is 0 Å². The van der Waals surface area contributed by atoms with E-state index in [1.54, 1.807) is 18.2 Å². The van der Waals surface area contributed by atoms with Crippen molar-refractivity contribution in [3.8, 4) is 11.5 Å². The molecule has 0 unspecified atom stereocenters. The van der Waals surface area contributed by atoms with Crippen LogP contribution in [-0.4, -0.2) is 88.7 Å². The van der Waals surface area contributed by atoms with E-state index in [0.717, 1.165) is 72.5 Å². The molecule has 17 heteroatoms. The summed E-state index contributed by atoms with van der Waals surface area (Å²) in [6.45, 7) is 3.60. The Morgan fingerprint density at radius 2 is 1.41 bits per heavy atom. The molecule has 1 amide bonds. The third-order valence-corrected chi connectivity index (χ3v) is 8.80. The lowest BCUT2D eigenvalue weighted by Gasteiger charge is -2.34. The predicted octanol–water partition coefficient (Wildman–Crippen LogP) is 4.77. The van der Waals surface area contributed by atoms with Gasteiger partial charge in [0.25, 0.3) is 0 Å². The first-order valence-electron chi connectivity index (χ1n) is 15.6. The van der Waals surface area contributed by atoms with E-state index in [9.17, 15) is 55.7 Å². The Kier molecular flexibility index (Phi) is 14.6. The van der Waals surface area contributed by atoms with Crippen LogP contribution < -0.4 is 15.5 Å². The SMILES string of the molecule is O=C(C(=O)C(F)(F)F)C(F)(F)F.O=C(CCNCCc1ccc(O)cc1)N(CCNCCc1ccc(O)c2[nH]c(=O)sc12)C1CCCCC1. The normalized spacial score (nSPS) is 13.9. The number of phenolic OH excluding ortho intramolecular Hbond substituents is 2. The van der Waals surface area contributed by atoms with E-state index in [0.29, 0.717) is 31.1 Å². The standard InChI is InChI=1S/C28H38N4O4S.C4F6O2/c33-23-9-6-20(7-10-23)12-15-29-17-14-25(35)32(22-4-2-1-3-5-22)19-18-30-16-13-21-8-11-24(34)26-27(21)37-28(36)31-26;5-3(6,7)1(11)2(12)4(8,9)10/h6-11,22,29-30,33-34H,1-5,12-19H2,(H,31,36);. The molecule has 1 heterocycles. The number of Topliss-reactive ketones (excluding diaryl/α,β-unsaturated/α-hetero) is 2. The van der Waals surface area contributed by atoms with E-state index in [1.165, 1.54) is 19.3 Å². The molecule has 2 aromatic carbocycles. The van der Waals surface area contributed by atoms with Gasteiger partial charge in [-0.3, -0.25) is 19.2 Å². The number of aromatic hydroxyl groups is 2. The fourth-order valence-corrected chi connectivity index (χ4v) is 6.24. The highest BCUT2D eigenvalue weighted by Gasteiger charge is 2.54. The molecule has 5 N–H and O–H groups in total. The largest absolute Gasteiger partial charge is 0.508 e. The minimum Gasteiger partial charge on any atom is -0.508 e. The summed E-state index contributed by atoms with van der Waals surface area (Å²) in [7, 11) is 0. The van der Waals surface area contributed by atoms with Gasteiger partial charge in [-0.25, -0.2) is 0 Å². The van der Waals surface area contributed by atoms with Gasteiger partial charge in [-0.2, -0.15) is 26.3 Å². The number of rotatable bonds is 14. The average molecular weight is 721 g/mol. The first-order valence-corrected chi connectivity index (χ1v) is 16.4. The number of benzene rings is 2. The average Bonchev–Trinajstić information content (AvgIpc) is 3.46. The van der Waals surface area contributed by atoms with Crippen molar-refractivity contribution in [3.05, 3.63) is 57.2 Å². The lowest BCUT2D eigenvalue weighted by atomic mass is 9.94. The van der Waals surface area contributed by atoms with Gasteiger partial charge in [-0.15, -0.1) is 0 Å². The highest BCUT2D eigenvalue weighted by atomic mass is 32.1. The van der Waals surface area contributed by atoms with Gasteiger partial charge in [0, 0.05) is 32.1 Å². The van der Waals surface area contributed by atoms with Crippen LogP contribution in [0.3, 0.4) is 0 Å². The topological polar surface area (TPSA) is 152 Å². The number of ketones is 2. The number of hydrogen-bond acceptors (Lipinski definition) is 9. The minimum atomic E-state index is -5.77. The number of aromatic nitrogens is 1. The Bertz CT molecular complexity index is 1580. The summed E-state index contributed by atoms with van der Waals surface area (Å²) in [5.41, 5.74) is 2.70. The maximum absolute atomic E-state index is 13.2. The molecule has 1 saturated carbocycles. The minimum absolute atomic E-state index is 0.0986. The molecule has 1 aromatic heterocycles. The van der Waals surface area contributed by atoms with Gasteiger partial charge in [0.1, 0.15) is 17.0 Å². The molecule has 0 radical (unpaired) electrons. The Morgan fingerprint density at radius 3 is 2.02 bits per heavy atom. The zero-order valence-corrected chi connectivity index (χ0v) is 27.2. The second kappa shape index (κ2) is 18.2. The number of H-pyrrole nitrogens is 1. The van der Waals surface area contributed by atoms with Crippen LogP contribution in [0.4, 0.5) is 26.3 Å². The van der Waals surface area contributed by atoms with E-state index in [-0.39, 0.29) is 22.3 Å². The molecule has 0 saturated heterocycles. The molecular formula is C32H38F6N4O6S.